The van der Waals surface area contributed by atoms with Gasteiger partial charge in [-0.3, -0.25) is 0 Å². The van der Waals surface area contributed by atoms with Gasteiger partial charge in [0, 0.05) is 55.5 Å². The van der Waals surface area contributed by atoms with Crippen molar-refractivity contribution in [2.24, 2.45) is 0 Å². The molecule has 4 aromatic carbocycles. The van der Waals surface area contributed by atoms with Crippen LogP contribution < -0.4 is 4.58 Å². The number of para-hydroxylation sites is 3. The van der Waals surface area contributed by atoms with Gasteiger partial charge < -0.3 is 9.55 Å². The van der Waals surface area contributed by atoms with Crippen molar-refractivity contribution in [3.8, 4) is 11.3 Å². The quantitative estimate of drug-likeness (QED) is 0.133. The van der Waals surface area contributed by atoms with Crippen LogP contribution in [-0.4, -0.2) is 26.2 Å². The molecule has 0 spiro atoms. The first kappa shape index (κ1) is 28.4. The third-order valence-corrected chi connectivity index (χ3v) is 7.14. The largest absolute Gasteiger partial charge is 0.494 e. The summed E-state index contributed by atoms with van der Waals surface area (Å²) in [5.41, 5.74) is 7.89. The van der Waals surface area contributed by atoms with Crippen molar-refractivity contribution in [3.63, 3.8) is 0 Å². The van der Waals surface area contributed by atoms with Crippen molar-refractivity contribution in [1.82, 2.24) is 14.1 Å². The van der Waals surface area contributed by atoms with Crippen LogP contribution in [0.5, 0.6) is 0 Å². The average molecular weight is 713 g/mol. The second-order valence-electron chi connectivity index (χ2n) is 10.4. The zero-order chi connectivity index (χ0) is 27.6. The zero-order valence-corrected chi connectivity index (χ0v) is 26.1. The van der Waals surface area contributed by atoms with Crippen molar-refractivity contribution < 1.29 is 24.7 Å². The van der Waals surface area contributed by atoms with Crippen molar-refractivity contribution in [2.75, 3.05) is 0 Å². The van der Waals surface area contributed by atoms with Gasteiger partial charge in [-0.25, -0.2) is 0 Å². The van der Waals surface area contributed by atoms with Gasteiger partial charge in [-0.1, -0.05) is 57.0 Å². The van der Waals surface area contributed by atoms with Crippen LogP contribution in [0, 0.1) is 12.1 Å². The number of hydrogen-bond acceptors (Lipinski definition) is 1. The number of rotatable bonds is 4. The Morgan fingerprint density at radius 1 is 0.732 bits per heavy atom. The normalized spacial score (nSPS) is 12.0. The average Bonchev–Trinajstić information content (AvgIpc) is 3.55. The standard InChI is InChI=1S/C25H24N3.C11H8N.Ir/c1-17(2)26-16-27(23-14-8-7-13-22(23)26)24-15-9-11-20-19-10-5-6-12-21(19)28(18(3)4)25(20)24;1-2-6-10(7-3-1)11-8-4-5-9-12-11;/h5-14,17-18H,1-4H3;1-6,8-9H;/q+1;-1;. The smallest absolute Gasteiger partial charge is 0.386 e. The molecular weight excluding hydrogens is 681 g/mol. The summed E-state index contributed by atoms with van der Waals surface area (Å²) in [7, 11) is 0. The van der Waals surface area contributed by atoms with E-state index >= 15 is 0 Å². The molecule has 3 heterocycles. The van der Waals surface area contributed by atoms with Crippen LogP contribution in [0.4, 0.5) is 17.1 Å². The van der Waals surface area contributed by atoms with Crippen molar-refractivity contribution in [2.45, 2.75) is 39.8 Å². The van der Waals surface area contributed by atoms with E-state index in [0.717, 1.165) is 22.6 Å². The number of pyridine rings is 1. The third kappa shape index (κ3) is 5.33. The second kappa shape index (κ2) is 12.2. The number of nitrogens with zero attached hydrogens (tertiary/aromatic N) is 4. The van der Waals surface area contributed by atoms with Gasteiger partial charge in [-0.2, -0.15) is 12.1 Å². The molecule has 0 aliphatic carbocycles. The minimum absolute atomic E-state index is 0. The maximum Gasteiger partial charge on any atom is 0.494 e. The molecule has 0 fully saturated rings. The minimum Gasteiger partial charge on any atom is -0.386 e. The fourth-order valence-electron chi connectivity index (χ4n) is 5.39. The van der Waals surface area contributed by atoms with Crippen molar-refractivity contribution >= 4 is 44.9 Å². The topological polar surface area (TPSA) is 23.8 Å². The van der Waals surface area contributed by atoms with Gasteiger partial charge in [0.1, 0.15) is 5.69 Å². The van der Waals surface area contributed by atoms with Crippen LogP contribution in [0.1, 0.15) is 33.7 Å². The Labute approximate surface area is 255 Å². The molecule has 0 atom stereocenters. The summed E-state index contributed by atoms with van der Waals surface area (Å²) in [6.07, 6.45) is 1.79. The van der Waals surface area contributed by atoms with E-state index in [-0.39, 0.29) is 20.1 Å². The summed E-state index contributed by atoms with van der Waals surface area (Å²) in [5.74, 6) is 0. The molecule has 0 saturated heterocycles. The fraction of sp³-hybridized carbons (Fsp3) is 0.167. The fourth-order valence-corrected chi connectivity index (χ4v) is 5.39. The van der Waals surface area contributed by atoms with Gasteiger partial charge in [0.2, 0.25) is 0 Å². The summed E-state index contributed by atoms with van der Waals surface area (Å²) in [6, 6.07) is 46.0. The van der Waals surface area contributed by atoms with Crippen LogP contribution in [0.3, 0.4) is 0 Å². The Balaban J connectivity index is 0.000000218. The molecule has 0 N–H and O–H groups in total. The number of fused-ring (bicyclic) bond motifs is 4. The predicted molar refractivity (Wildman–Crippen MR) is 165 cm³/mol. The minimum atomic E-state index is 0. The molecule has 0 unspecified atom stereocenters. The van der Waals surface area contributed by atoms with Gasteiger partial charge in [0.25, 0.3) is 11.4 Å². The molecule has 6 aromatic rings. The second-order valence-corrected chi connectivity index (χ2v) is 10.4. The van der Waals surface area contributed by atoms with E-state index in [1.807, 2.05) is 48.5 Å². The Morgan fingerprint density at radius 2 is 1.46 bits per heavy atom. The molecule has 2 aromatic heterocycles. The zero-order valence-electron chi connectivity index (χ0n) is 23.7. The van der Waals surface area contributed by atoms with Crippen molar-refractivity contribution in [1.29, 1.82) is 0 Å². The molecule has 1 aliphatic rings. The Kier molecular flexibility index (Phi) is 8.42. The Hall–Kier alpha value is -4.14. The number of benzene rings is 4. The van der Waals surface area contributed by atoms with Crippen LogP contribution in [0.15, 0.2) is 109 Å². The Bertz CT molecular complexity index is 1840. The van der Waals surface area contributed by atoms with Crippen LogP contribution >= 0.6 is 0 Å². The van der Waals surface area contributed by atoms with Crippen molar-refractivity contribution in [3.05, 3.63) is 121 Å². The number of aromatic nitrogens is 2. The van der Waals surface area contributed by atoms with E-state index in [1.165, 1.54) is 27.5 Å². The van der Waals surface area contributed by atoms with Gasteiger partial charge in [0.05, 0.1) is 0 Å². The Morgan fingerprint density at radius 3 is 2.17 bits per heavy atom. The van der Waals surface area contributed by atoms with E-state index in [1.54, 1.807) is 6.20 Å². The van der Waals surface area contributed by atoms with E-state index in [2.05, 4.69) is 119 Å². The monoisotopic (exact) mass is 713 g/mol. The molecule has 4 nitrogen and oxygen atoms in total. The maximum absolute atomic E-state index is 4.22. The molecule has 0 bridgehead atoms. The summed E-state index contributed by atoms with van der Waals surface area (Å²) >= 11 is 0. The van der Waals surface area contributed by atoms with Crippen LogP contribution in [-0.2, 0) is 20.1 Å². The molecule has 7 rings (SSSR count). The summed E-state index contributed by atoms with van der Waals surface area (Å²) in [5, 5.41) is 2.55. The van der Waals surface area contributed by atoms with Gasteiger partial charge in [0.15, 0.2) is 6.04 Å². The third-order valence-electron chi connectivity index (χ3n) is 7.14. The summed E-state index contributed by atoms with van der Waals surface area (Å²) in [4.78, 5) is 4.22. The first-order chi connectivity index (χ1) is 19.5. The predicted octanol–water partition coefficient (Wildman–Crippen LogP) is 8.80. The molecule has 1 radical (unpaired) electrons. The molecule has 41 heavy (non-hydrogen) atoms. The molecule has 0 saturated carbocycles. The van der Waals surface area contributed by atoms with E-state index in [9.17, 15) is 0 Å². The molecule has 5 heteroatoms. The van der Waals surface area contributed by atoms with Crippen LogP contribution in [0.25, 0.3) is 33.1 Å². The summed E-state index contributed by atoms with van der Waals surface area (Å²) < 4.78 is 6.82. The van der Waals surface area contributed by atoms with E-state index in [4.69, 9.17) is 0 Å². The van der Waals surface area contributed by atoms with Crippen LogP contribution in [0.2, 0.25) is 0 Å². The SMILES string of the molecule is CC(C)n1c2ccccc2c2cc[c-]c([N+]3=C=[N+](C(C)C)c4ccccc43)c21.[Ir].[c-]1ccccc1-c1ccccn1. The molecule has 205 valence electrons. The van der Waals surface area contributed by atoms with Gasteiger partial charge >= 0.3 is 6.01 Å². The molecular formula is C36H32IrN4. The first-order valence-electron chi connectivity index (χ1n) is 13.8. The van der Waals surface area contributed by atoms with E-state index < -0.39 is 0 Å². The van der Waals surface area contributed by atoms with Gasteiger partial charge in [-0.15, -0.1) is 42.0 Å². The van der Waals surface area contributed by atoms with E-state index in [0.29, 0.717) is 12.1 Å². The molecule has 0 amide bonds. The maximum atomic E-state index is 4.22. The molecule has 1 aliphatic heterocycles. The number of hydrogen-bond donors (Lipinski definition) is 0. The summed E-state index contributed by atoms with van der Waals surface area (Å²) in [6.45, 7) is 8.88. The van der Waals surface area contributed by atoms with Gasteiger partial charge in [-0.05, 0) is 50.9 Å². The first-order valence-corrected chi connectivity index (χ1v) is 13.8.